The van der Waals surface area contributed by atoms with E-state index in [0.29, 0.717) is 13.1 Å². The minimum atomic E-state index is -0.198. The van der Waals surface area contributed by atoms with E-state index in [1.54, 1.807) is 19.2 Å². The molecule has 0 saturated carbocycles. The number of anilines is 1. The largest absolute Gasteiger partial charge is 0.378 e. The van der Waals surface area contributed by atoms with Crippen LogP contribution in [0.25, 0.3) is 0 Å². The van der Waals surface area contributed by atoms with Crippen molar-refractivity contribution in [1.29, 1.82) is 0 Å². The van der Waals surface area contributed by atoms with Gasteiger partial charge >= 0.3 is 0 Å². The Labute approximate surface area is 166 Å². The van der Waals surface area contributed by atoms with Crippen molar-refractivity contribution < 1.29 is 4.39 Å². The first kappa shape index (κ1) is 21.2. The molecule has 0 aliphatic heterocycles. The fraction of sp³-hybridized carbons (Fsp3) is 0.316. The smallest absolute Gasteiger partial charge is 0.191 e. The lowest BCUT2D eigenvalue weighted by Gasteiger charge is -2.14. The number of benzene rings is 2. The third-order valence-corrected chi connectivity index (χ3v) is 3.73. The van der Waals surface area contributed by atoms with E-state index < -0.39 is 0 Å². The molecule has 6 heteroatoms. The fourth-order valence-corrected chi connectivity index (χ4v) is 2.34. The third-order valence-electron chi connectivity index (χ3n) is 3.73. The second-order valence-corrected chi connectivity index (χ2v) is 5.79. The third kappa shape index (κ3) is 7.29. The molecule has 25 heavy (non-hydrogen) atoms. The van der Waals surface area contributed by atoms with Crippen molar-refractivity contribution in [3.05, 3.63) is 65.5 Å². The number of hydrogen-bond donors (Lipinski definition) is 2. The number of rotatable bonds is 6. The van der Waals surface area contributed by atoms with Gasteiger partial charge in [-0.2, -0.15) is 0 Å². The standard InChI is InChI=1S/C19H25FN4.HI/c1-21-19(22-12-11-15-5-4-6-17(20)13-15)23-14-16-7-9-18(10-8-16)24(2)3;/h4-10,13H,11-12,14H2,1-3H3,(H2,21,22,23);1H. The molecule has 0 unspecified atom stereocenters. The average Bonchev–Trinajstić information content (AvgIpc) is 2.58. The molecule has 0 aromatic heterocycles. The molecule has 0 atom stereocenters. The number of nitrogens with one attached hydrogen (secondary N) is 2. The molecule has 0 heterocycles. The molecular formula is C19H26FIN4. The summed E-state index contributed by atoms with van der Waals surface area (Å²) in [5.74, 6) is 0.541. The Morgan fingerprint density at radius 3 is 2.36 bits per heavy atom. The van der Waals surface area contributed by atoms with Gasteiger partial charge in [0.1, 0.15) is 5.82 Å². The maximum absolute atomic E-state index is 13.1. The van der Waals surface area contributed by atoms with Crippen LogP contribution < -0.4 is 15.5 Å². The Hall–Kier alpha value is -1.83. The van der Waals surface area contributed by atoms with E-state index in [4.69, 9.17) is 0 Å². The van der Waals surface area contributed by atoms with Crippen molar-refractivity contribution in [2.45, 2.75) is 13.0 Å². The van der Waals surface area contributed by atoms with Crippen molar-refractivity contribution in [3.63, 3.8) is 0 Å². The lowest BCUT2D eigenvalue weighted by atomic mass is 10.1. The van der Waals surface area contributed by atoms with Gasteiger partial charge < -0.3 is 15.5 Å². The van der Waals surface area contributed by atoms with Crippen molar-refractivity contribution in [1.82, 2.24) is 10.6 Å². The van der Waals surface area contributed by atoms with Crippen molar-refractivity contribution >= 4 is 35.6 Å². The molecule has 0 aliphatic carbocycles. The summed E-state index contributed by atoms with van der Waals surface area (Å²) in [5.41, 5.74) is 3.34. The fourth-order valence-electron chi connectivity index (χ4n) is 2.34. The van der Waals surface area contributed by atoms with E-state index in [9.17, 15) is 4.39 Å². The molecule has 2 rings (SSSR count). The van der Waals surface area contributed by atoms with Gasteiger partial charge in [-0.3, -0.25) is 4.99 Å². The van der Waals surface area contributed by atoms with E-state index in [0.717, 1.165) is 17.9 Å². The Balaban J connectivity index is 0.00000312. The summed E-state index contributed by atoms with van der Waals surface area (Å²) < 4.78 is 13.1. The summed E-state index contributed by atoms with van der Waals surface area (Å²) in [6.45, 7) is 1.40. The lowest BCUT2D eigenvalue weighted by molar-refractivity contribution is 0.625. The first-order chi connectivity index (χ1) is 11.6. The van der Waals surface area contributed by atoms with Crippen LogP contribution in [0, 0.1) is 5.82 Å². The van der Waals surface area contributed by atoms with Gasteiger partial charge in [-0.15, -0.1) is 24.0 Å². The minimum absolute atomic E-state index is 0. The second-order valence-electron chi connectivity index (χ2n) is 5.79. The highest BCUT2D eigenvalue weighted by Crippen LogP contribution is 2.11. The van der Waals surface area contributed by atoms with E-state index in [2.05, 4.69) is 44.8 Å². The predicted molar refractivity (Wildman–Crippen MR) is 114 cm³/mol. The van der Waals surface area contributed by atoms with E-state index in [-0.39, 0.29) is 29.8 Å². The second kappa shape index (κ2) is 10.9. The summed E-state index contributed by atoms with van der Waals surface area (Å²) in [4.78, 5) is 6.28. The number of aliphatic imine (C=N–C) groups is 1. The maximum atomic E-state index is 13.1. The molecule has 0 saturated heterocycles. The van der Waals surface area contributed by atoms with Gasteiger partial charge in [0.15, 0.2) is 5.96 Å². The molecule has 2 aromatic rings. The maximum Gasteiger partial charge on any atom is 0.191 e. The van der Waals surface area contributed by atoms with Crippen LogP contribution in [0.15, 0.2) is 53.5 Å². The van der Waals surface area contributed by atoms with Crippen LogP contribution in [-0.2, 0) is 13.0 Å². The van der Waals surface area contributed by atoms with Crippen LogP contribution in [0.3, 0.4) is 0 Å². The molecular weight excluding hydrogens is 430 g/mol. The van der Waals surface area contributed by atoms with E-state index >= 15 is 0 Å². The summed E-state index contributed by atoms with van der Waals surface area (Å²) in [5, 5.41) is 6.53. The first-order valence-corrected chi connectivity index (χ1v) is 8.03. The zero-order valence-corrected chi connectivity index (χ0v) is 17.3. The van der Waals surface area contributed by atoms with Gasteiger partial charge in [0, 0.05) is 39.9 Å². The highest BCUT2D eigenvalue weighted by Gasteiger charge is 2.01. The van der Waals surface area contributed by atoms with Crippen LogP contribution in [0.2, 0.25) is 0 Å². The average molecular weight is 456 g/mol. The van der Waals surface area contributed by atoms with Crippen LogP contribution in [0.1, 0.15) is 11.1 Å². The van der Waals surface area contributed by atoms with Crippen LogP contribution in [0.5, 0.6) is 0 Å². The number of guanidine groups is 1. The normalized spacial score (nSPS) is 10.8. The van der Waals surface area contributed by atoms with E-state index in [1.807, 2.05) is 20.2 Å². The summed E-state index contributed by atoms with van der Waals surface area (Å²) in [7, 11) is 5.79. The molecule has 4 nitrogen and oxygen atoms in total. The van der Waals surface area contributed by atoms with Crippen molar-refractivity contribution in [2.75, 3.05) is 32.6 Å². The molecule has 136 valence electrons. The summed E-state index contributed by atoms with van der Waals surface area (Å²) in [6, 6.07) is 15.1. The van der Waals surface area contributed by atoms with Crippen LogP contribution in [-0.4, -0.2) is 33.6 Å². The highest BCUT2D eigenvalue weighted by atomic mass is 127. The molecule has 0 amide bonds. The van der Waals surface area contributed by atoms with Crippen molar-refractivity contribution in [2.24, 2.45) is 4.99 Å². The molecule has 0 bridgehead atoms. The zero-order chi connectivity index (χ0) is 17.4. The van der Waals surface area contributed by atoms with Gasteiger partial charge in [-0.1, -0.05) is 24.3 Å². The first-order valence-electron chi connectivity index (χ1n) is 8.03. The Kier molecular flexibility index (Phi) is 9.26. The van der Waals surface area contributed by atoms with Gasteiger partial charge in [-0.05, 0) is 41.8 Å². The van der Waals surface area contributed by atoms with Crippen LogP contribution >= 0.6 is 24.0 Å². The SMILES string of the molecule is CN=C(NCCc1cccc(F)c1)NCc1ccc(N(C)C)cc1.I. The Morgan fingerprint density at radius 1 is 1.04 bits per heavy atom. The number of nitrogens with zero attached hydrogens (tertiary/aromatic N) is 2. The van der Waals surface area contributed by atoms with Gasteiger partial charge in [0.25, 0.3) is 0 Å². The highest BCUT2D eigenvalue weighted by molar-refractivity contribution is 14.0. The topological polar surface area (TPSA) is 39.7 Å². The quantitative estimate of drug-likeness (QED) is 0.398. The number of halogens is 2. The molecule has 2 aromatic carbocycles. The van der Waals surface area contributed by atoms with Gasteiger partial charge in [-0.25, -0.2) is 4.39 Å². The minimum Gasteiger partial charge on any atom is -0.378 e. The lowest BCUT2D eigenvalue weighted by Crippen LogP contribution is -2.37. The molecule has 0 spiro atoms. The molecule has 2 N–H and O–H groups in total. The van der Waals surface area contributed by atoms with E-state index in [1.165, 1.54) is 17.3 Å². The summed E-state index contributed by atoms with van der Waals surface area (Å²) in [6.07, 6.45) is 0.746. The monoisotopic (exact) mass is 456 g/mol. The van der Waals surface area contributed by atoms with Crippen LogP contribution in [0.4, 0.5) is 10.1 Å². The zero-order valence-electron chi connectivity index (χ0n) is 14.9. The summed E-state index contributed by atoms with van der Waals surface area (Å²) >= 11 is 0. The Morgan fingerprint density at radius 2 is 1.76 bits per heavy atom. The molecule has 0 fully saturated rings. The number of hydrogen-bond acceptors (Lipinski definition) is 2. The van der Waals surface area contributed by atoms with Gasteiger partial charge in [0.05, 0.1) is 0 Å². The van der Waals surface area contributed by atoms with Gasteiger partial charge in [0.2, 0.25) is 0 Å². The Bertz CT molecular complexity index is 671. The predicted octanol–water partition coefficient (Wildman–Crippen LogP) is 3.42. The van der Waals surface area contributed by atoms with Crippen molar-refractivity contribution in [3.8, 4) is 0 Å². The molecule has 0 radical (unpaired) electrons. The molecule has 0 aliphatic rings.